The molecule has 1 heterocycles. The number of aliphatic hydroxyl groups excluding tert-OH is 1. The lowest BCUT2D eigenvalue weighted by Gasteiger charge is -2.33. The highest BCUT2D eigenvalue weighted by atomic mass is 19.1. The second-order valence-corrected chi connectivity index (χ2v) is 6.24. The topological polar surface area (TPSA) is 35.5 Å². The number of hydrogen-bond acceptors (Lipinski definition) is 3. The van der Waals surface area contributed by atoms with E-state index in [-0.39, 0.29) is 18.0 Å². The molecule has 3 nitrogen and oxygen atoms in total. The number of likely N-dealkylation sites (tertiary alicyclic amines) is 1. The van der Waals surface area contributed by atoms with Gasteiger partial charge in [0.05, 0.1) is 6.10 Å². The molecule has 0 spiro atoms. The first kappa shape index (κ1) is 16.4. The van der Waals surface area contributed by atoms with E-state index in [2.05, 4.69) is 10.2 Å². The van der Waals surface area contributed by atoms with E-state index in [9.17, 15) is 9.50 Å². The molecule has 0 radical (unpaired) electrons. The van der Waals surface area contributed by atoms with Crippen molar-refractivity contribution in [3.63, 3.8) is 0 Å². The van der Waals surface area contributed by atoms with Gasteiger partial charge >= 0.3 is 0 Å². The zero-order valence-corrected chi connectivity index (χ0v) is 13.1. The molecule has 1 saturated heterocycles. The van der Waals surface area contributed by atoms with Crippen LogP contribution in [0.15, 0.2) is 24.3 Å². The van der Waals surface area contributed by atoms with E-state index in [4.69, 9.17) is 0 Å². The van der Waals surface area contributed by atoms with Crippen molar-refractivity contribution in [3.05, 3.63) is 35.6 Å². The number of nitrogens with one attached hydrogen (secondary N) is 1. The first-order valence-electron chi connectivity index (χ1n) is 7.94. The normalized spacial score (nSPS) is 20.4. The monoisotopic (exact) mass is 294 g/mol. The van der Waals surface area contributed by atoms with Gasteiger partial charge in [-0.05, 0) is 58.3 Å². The van der Waals surface area contributed by atoms with E-state index in [1.165, 1.54) is 6.07 Å². The number of benzene rings is 1. The van der Waals surface area contributed by atoms with Crippen molar-refractivity contribution in [2.24, 2.45) is 5.92 Å². The van der Waals surface area contributed by atoms with E-state index in [0.29, 0.717) is 5.92 Å². The average Bonchev–Trinajstić information content (AvgIpc) is 2.46. The van der Waals surface area contributed by atoms with Gasteiger partial charge in [-0.15, -0.1) is 0 Å². The minimum atomic E-state index is -0.249. The molecule has 1 aliphatic rings. The Hall–Kier alpha value is -0.970. The van der Waals surface area contributed by atoms with Crippen LogP contribution in [-0.4, -0.2) is 42.3 Å². The quantitative estimate of drug-likeness (QED) is 0.846. The fourth-order valence-electron chi connectivity index (χ4n) is 3.03. The highest BCUT2D eigenvalue weighted by Gasteiger charge is 2.20. The molecule has 0 aliphatic carbocycles. The molecular weight excluding hydrogens is 267 g/mol. The smallest absolute Gasteiger partial charge is 0.127 e. The van der Waals surface area contributed by atoms with E-state index < -0.39 is 0 Å². The molecule has 2 rings (SSSR count). The van der Waals surface area contributed by atoms with Gasteiger partial charge in [-0.2, -0.15) is 0 Å². The van der Waals surface area contributed by atoms with Gasteiger partial charge in [-0.25, -0.2) is 4.39 Å². The fourth-order valence-corrected chi connectivity index (χ4v) is 3.03. The Morgan fingerprint density at radius 1 is 1.29 bits per heavy atom. The first-order chi connectivity index (χ1) is 10.1. The van der Waals surface area contributed by atoms with Crippen LogP contribution >= 0.6 is 0 Å². The highest BCUT2D eigenvalue weighted by molar-refractivity contribution is 5.20. The van der Waals surface area contributed by atoms with Crippen LogP contribution in [0, 0.1) is 11.7 Å². The number of aliphatic hydroxyl groups is 1. The summed E-state index contributed by atoms with van der Waals surface area (Å²) in [5.41, 5.74) is 0.740. The van der Waals surface area contributed by atoms with Crippen LogP contribution in [0.5, 0.6) is 0 Å². The summed E-state index contributed by atoms with van der Waals surface area (Å²) in [6.07, 6.45) is 2.04. The number of hydrogen-bond donors (Lipinski definition) is 2. The Balaban J connectivity index is 1.73. The molecule has 4 heteroatoms. The predicted molar refractivity (Wildman–Crippen MR) is 83.7 cm³/mol. The molecule has 0 saturated carbocycles. The summed E-state index contributed by atoms with van der Waals surface area (Å²) in [5.74, 6) is 0.508. The molecule has 2 N–H and O–H groups in total. The van der Waals surface area contributed by atoms with Crippen LogP contribution in [0.25, 0.3) is 0 Å². The van der Waals surface area contributed by atoms with Crippen LogP contribution < -0.4 is 5.32 Å². The minimum Gasteiger partial charge on any atom is -0.392 e. The van der Waals surface area contributed by atoms with Crippen LogP contribution in [0.3, 0.4) is 0 Å². The van der Waals surface area contributed by atoms with Crippen molar-refractivity contribution in [1.82, 2.24) is 10.2 Å². The summed E-state index contributed by atoms with van der Waals surface area (Å²) in [6.45, 7) is 7.64. The van der Waals surface area contributed by atoms with Crippen molar-refractivity contribution in [2.75, 3.05) is 26.2 Å². The van der Waals surface area contributed by atoms with Gasteiger partial charge in [0, 0.05) is 18.2 Å². The standard InChI is InChI=1S/C17H27FN2O/c1-13(21)12-20-9-7-15(8-10-20)11-19-14(2)16-5-3-4-6-17(16)18/h3-6,13-15,19,21H,7-12H2,1-2H3/t13-,14-/m0/s1. The third-order valence-corrected chi connectivity index (χ3v) is 4.31. The van der Waals surface area contributed by atoms with E-state index in [1.54, 1.807) is 6.07 Å². The molecule has 2 atom stereocenters. The van der Waals surface area contributed by atoms with Crippen molar-refractivity contribution in [3.8, 4) is 0 Å². The van der Waals surface area contributed by atoms with Crippen molar-refractivity contribution in [2.45, 2.75) is 38.8 Å². The maximum atomic E-state index is 13.7. The lowest BCUT2D eigenvalue weighted by Crippen LogP contribution is -2.40. The lowest BCUT2D eigenvalue weighted by atomic mass is 9.96. The summed E-state index contributed by atoms with van der Waals surface area (Å²) < 4.78 is 13.7. The second kappa shape index (κ2) is 7.87. The van der Waals surface area contributed by atoms with Crippen LogP contribution in [0.1, 0.15) is 38.3 Å². The predicted octanol–water partition coefficient (Wildman–Crippen LogP) is 2.57. The maximum absolute atomic E-state index is 13.7. The molecule has 0 amide bonds. The summed E-state index contributed by atoms with van der Waals surface area (Å²) >= 11 is 0. The summed E-state index contributed by atoms with van der Waals surface area (Å²) in [5, 5.41) is 12.9. The van der Waals surface area contributed by atoms with E-state index >= 15 is 0 Å². The summed E-state index contributed by atoms with van der Waals surface area (Å²) in [4.78, 5) is 2.32. The number of rotatable bonds is 6. The molecule has 118 valence electrons. The maximum Gasteiger partial charge on any atom is 0.127 e. The average molecular weight is 294 g/mol. The van der Waals surface area contributed by atoms with Crippen molar-refractivity contribution < 1.29 is 9.50 Å². The molecule has 1 fully saturated rings. The number of β-amino-alcohol motifs (C(OH)–C–C–N with tert-alkyl or cyclic N) is 1. The Kier molecular flexibility index (Phi) is 6.15. The summed E-state index contributed by atoms with van der Waals surface area (Å²) in [7, 11) is 0. The molecule has 0 unspecified atom stereocenters. The molecule has 0 bridgehead atoms. The van der Waals surface area contributed by atoms with Crippen LogP contribution in [0.4, 0.5) is 4.39 Å². The van der Waals surface area contributed by atoms with Crippen molar-refractivity contribution in [1.29, 1.82) is 0 Å². The number of piperidine rings is 1. The van der Waals surface area contributed by atoms with Gasteiger partial charge in [-0.3, -0.25) is 0 Å². The molecule has 1 aromatic carbocycles. The summed E-state index contributed by atoms with van der Waals surface area (Å²) in [6, 6.07) is 7.01. The third-order valence-electron chi connectivity index (χ3n) is 4.31. The van der Waals surface area contributed by atoms with E-state index in [1.807, 2.05) is 26.0 Å². The zero-order valence-electron chi connectivity index (χ0n) is 13.1. The van der Waals surface area contributed by atoms with E-state index in [0.717, 1.165) is 44.6 Å². The number of halogens is 1. The molecular formula is C17H27FN2O. The third kappa shape index (κ3) is 5.06. The molecule has 1 aromatic rings. The Morgan fingerprint density at radius 2 is 1.95 bits per heavy atom. The van der Waals surface area contributed by atoms with Gasteiger partial charge in [0.2, 0.25) is 0 Å². The van der Waals surface area contributed by atoms with Crippen molar-refractivity contribution >= 4 is 0 Å². The Bertz CT molecular complexity index is 431. The van der Waals surface area contributed by atoms with Crippen LogP contribution in [-0.2, 0) is 0 Å². The minimum absolute atomic E-state index is 0.0432. The Morgan fingerprint density at radius 3 is 2.57 bits per heavy atom. The Labute approximate surface area is 127 Å². The largest absolute Gasteiger partial charge is 0.392 e. The molecule has 21 heavy (non-hydrogen) atoms. The van der Waals surface area contributed by atoms with Gasteiger partial charge < -0.3 is 15.3 Å². The zero-order chi connectivity index (χ0) is 15.2. The fraction of sp³-hybridized carbons (Fsp3) is 0.647. The molecule has 0 aromatic heterocycles. The highest BCUT2D eigenvalue weighted by Crippen LogP contribution is 2.20. The van der Waals surface area contributed by atoms with Crippen LogP contribution in [0.2, 0.25) is 0 Å². The SMILES string of the molecule is C[C@H](O)CN1CCC(CN[C@@H](C)c2ccccc2F)CC1. The van der Waals surface area contributed by atoms with Gasteiger partial charge in [0.15, 0.2) is 0 Å². The van der Waals surface area contributed by atoms with Gasteiger partial charge in [-0.1, -0.05) is 18.2 Å². The first-order valence-corrected chi connectivity index (χ1v) is 7.94. The number of nitrogens with zero attached hydrogens (tertiary/aromatic N) is 1. The van der Waals surface area contributed by atoms with Gasteiger partial charge in [0.1, 0.15) is 5.82 Å². The molecule has 1 aliphatic heterocycles. The van der Waals surface area contributed by atoms with Gasteiger partial charge in [0.25, 0.3) is 0 Å². The second-order valence-electron chi connectivity index (χ2n) is 6.24. The lowest BCUT2D eigenvalue weighted by molar-refractivity contribution is 0.0994.